The van der Waals surface area contributed by atoms with E-state index in [1.165, 1.54) is 36.2 Å². The molecule has 1 aromatic carbocycles. The van der Waals surface area contributed by atoms with Crippen molar-refractivity contribution in [2.45, 2.75) is 5.16 Å². The normalized spacial score (nSPS) is 10.7. The summed E-state index contributed by atoms with van der Waals surface area (Å²) >= 11 is 1.19. The van der Waals surface area contributed by atoms with Crippen LogP contribution in [-0.4, -0.2) is 33.3 Å². The van der Waals surface area contributed by atoms with Gasteiger partial charge in [0, 0.05) is 23.8 Å². The molecule has 118 valence electrons. The van der Waals surface area contributed by atoms with Gasteiger partial charge in [0.05, 0.1) is 11.1 Å². The molecule has 0 bridgehead atoms. The van der Waals surface area contributed by atoms with Crippen molar-refractivity contribution in [3.8, 4) is 0 Å². The number of rotatable bonds is 5. The van der Waals surface area contributed by atoms with Gasteiger partial charge in [0.2, 0.25) is 0 Å². The van der Waals surface area contributed by atoms with E-state index in [9.17, 15) is 19.7 Å². The zero-order chi connectivity index (χ0) is 16.8. The van der Waals surface area contributed by atoms with Gasteiger partial charge in [-0.25, -0.2) is 10.4 Å². The van der Waals surface area contributed by atoms with E-state index in [0.29, 0.717) is 10.7 Å². The number of aromatic nitrogens is 2. The topological polar surface area (TPSA) is 130 Å². The van der Waals surface area contributed by atoms with Gasteiger partial charge in [-0.15, -0.1) is 0 Å². The zero-order valence-electron chi connectivity index (χ0n) is 11.8. The summed E-state index contributed by atoms with van der Waals surface area (Å²) in [6.07, 6.45) is 2.97. The lowest BCUT2D eigenvalue weighted by molar-refractivity contribution is -0.384. The van der Waals surface area contributed by atoms with Crippen molar-refractivity contribution in [3.63, 3.8) is 0 Å². The fraction of sp³-hybridized carbons (Fsp3) is 0.0769. The second-order valence-electron chi connectivity index (χ2n) is 4.19. The van der Waals surface area contributed by atoms with E-state index in [0.717, 1.165) is 6.07 Å². The number of amides is 1. The van der Waals surface area contributed by atoms with Crippen molar-refractivity contribution in [2.75, 3.05) is 6.26 Å². The number of carbonyl (C=O) groups excluding carboxylic acids is 1. The Labute approximate surface area is 134 Å². The predicted molar refractivity (Wildman–Crippen MR) is 84.8 cm³/mol. The minimum absolute atomic E-state index is 0.0747. The third-order valence-electron chi connectivity index (χ3n) is 2.61. The molecule has 0 aliphatic heterocycles. The Morgan fingerprint density at radius 2 is 2.26 bits per heavy atom. The Bertz CT molecular complexity index is 833. The summed E-state index contributed by atoms with van der Waals surface area (Å²) in [4.78, 5) is 39.8. The highest BCUT2D eigenvalue weighted by Crippen LogP contribution is 2.11. The van der Waals surface area contributed by atoms with Gasteiger partial charge in [0.25, 0.3) is 17.2 Å². The number of aromatic amines is 1. The predicted octanol–water partition coefficient (Wildman–Crippen LogP) is 1.16. The summed E-state index contributed by atoms with van der Waals surface area (Å²) in [5.74, 6) is -0.659. The first kappa shape index (κ1) is 16.4. The summed E-state index contributed by atoms with van der Waals surface area (Å²) in [5, 5.41) is 14.7. The fourth-order valence-electron chi connectivity index (χ4n) is 1.59. The van der Waals surface area contributed by atoms with Crippen LogP contribution in [0.1, 0.15) is 16.1 Å². The van der Waals surface area contributed by atoms with Crippen LogP contribution in [0.2, 0.25) is 0 Å². The number of hydrazone groups is 1. The highest BCUT2D eigenvalue weighted by molar-refractivity contribution is 7.98. The smallest absolute Gasteiger partial charge is 0.290 e. The number of carbonyl (C=O) groups is 1. The Kier molecular flexibility index (Phi) is 5.20. The Hall–Kier alpha value is -3.01. The maximum Gasteiger partial charge on any atom is 0.290 e. The van der Waals surface area contributed by atoms with E-state index in [1.807, 2.05) is 0 Å². The molecule has 2 rings (SSSR count). The summed E-state index contributed by atoms with van der Waals surface area (Å²) in [6, 6.07) is 6.81. The highest BCUT2D eigenvalue weighted by atomic mass is 32.2. The highest BCUT2D eigenvalue weighted by Gasteiger charge is 2.09. The van der Waals surface area contributed by atoms with Gasteiger partial charge in [-0.1, -0.05) is 23.9 Å². The van der Waals surface area contributed by atoms with Crippen LogP contribution in [0.3, 0.4) is 0 Å². The lowest BCUT2D eigenvalue weighted by Gasteiger charge is -2.00. The number of nitro groups is 1. The summed E-state index contributed by atoms with van der Waals surface area (Å²) in [5.41, 5.74) is 2.05. The molecule has 0 saturated carbocycles. The number of nitrogens with zero attached hydrogens (tertiary/aromatic N) is 3. The molecule has 0 aliphatic rings. The molecule has 0 spiro atoms. The monoisotopic (exact) mass is 333 g/mol. The maximum atomic E-state index is 11.9. The lowest BCUT2D eigenvalue weighted by atomic mass is 10.2. The second kappa shape index (κ2) is 7.31. The number of nitro benzene ring substituents is 1. The molecule has 1 heterocycles. The van der Waals surface area contributed by atoms with Crippen LogP contribution in [0.15, 0.2) is 45.4 Å². The van der Waals surface area contributed by atoms with Crippen molar-refractivity contribution < 1.29 is 9.72 Å². The van der Waals surface area contributed by atoms with Crippen LogP contribution in [0.4, 0.5) is 5.69 Å². The number of hydrogen-bond acceptors (Lipinski definition) is 7. The maximum absolute atomic E-state index is 11.9. The second-order valence-corrected chi connectivity index (χ2v) is 4.99. The Morgan fingerprint density at radius 1 is 1.48 bits per heavy atom. The molecule has 2 aromatic rings. The first-order valence-corrected chi connectivity index (χ1v) is 7.45. The molecule has 0 radical (unpaired) electrons. The van der Waals surface area contributed by atoms with Crippen molar-refractivity contribution in [1.82, 2.24) is 15.4 Å². The molecule has 0 saturated heterocycles. The molecule has 0 unspecified atom stereocenters. The average Bonchev–Trinajstić information content (AvgIpc) is 2.54. The molecule has 9 nitrogen and oxygen atoms in total. The van der Waals surface area contributed by atoms with Crippen LogP contribution in [0.25, 0.3) is 0 Å². The molecule has 1 amide bonds. The molecule has 0 aliphatic carbocycles. The molecule has 2 N–H and O–H groups in total. The van der Waals surface area contributed by atoms with Gasteiger partial charge in [-0.05, 0) is 6.26 Å². The van der Waals surface area contributed by atoms with Crippen molar-refractivity contribution in [3.05, 3.63) is 62.1 Å². The lowest BCUT2D eigenvalue weighted by Crippen LogP contribution is -2.22. The number of non-ortho nitro benzene ring substituents is 1. The van der Waals surface area contributed by atoms with Crippen LogP contribution in [0.5, 0.6) is 0 Å². The van der Waals surface area contributed by atoms with Gasteiger partial charge in [-0.2, -0.15) is 5.10 Å². The number of thioether (sulfide) groups is 1. The van der Waals surface area contributed by atoms with Gasteiger partial charge >= 0.3 is 0 Å². The third-order valence-corrected chi connectivity index (χ3v) is 3.19. The molecule has 23 heavy (non-hydrogen) atoms. The van der Waals surface area contributed by atoms with Gasteiger partial charge in [-0.3, -0.25) is 19.7 Å². The molecule has 10 heteroatoms. The van der Waals surface area contributed by atoms with Crippen LogP contribution < -0.4 is 11.0 Å². The summed E-state index contributed by atoms with van der Waals surface area (Å²) < 4.78 is 0. The van der Waals surface area contributed by atoms with E-state index >= 15 is 0 Å². The molecular weight excluding hydrogens is 322 g/mol. The minimum atomic E-state index is -0.659. The van der Waals surface area contributed by atoms with Crippen LogP contribution in [-0.2, 0) is 0 Å². The largest absolute Gasteiger partial charge is 0.301 e. The zero-order valence-corrected chi connectivity index (χ0v) is 12.7. The summed E-state index contributed by atoms with van der Waals surface area (Å²) in [7, 11) is 0. The third kappa shape index (κ3) is 4.48. The van der Waals surface area contributed by atoms with E-state index in [4.69, 9.17) is 0 Å². The number of nitrogens with one attached hydrogen (secondary N) is 2. The van der Waals surface area contributed by atoms with Crippen LogP contribution >= 0.6 is 11.8 Å². The van der Waals surface area contributed by atoms with Crippen molar-refractivity contribution in [1.29, 1.82) is 0 Å². The van der Waals surface area contributed by atoms with E-state index in [-0.39, 0.29) is 11.4 Å². The van der Waals surface area contributed by atoms with Crippen LogP contribution in [0, 0.1) is 10.1 Å². The standard InChI is InChI=1S/C13H11N5O4S/c1-23-13-15-10(6-11(19)16-13)12(20)17-14-7-8-3-2-4-9(5-8)18(21)22/h2-7H,1H3,(H,17,20)(H,15,16,19)/b14-7+. The molecular formula is C13H11N5O4S. The SMILES string of the molecule is CSc1nc(C(=O)N/N=C/c2cccc([N+](=O)[O-])c2)cc(=O)[nH]1. The van der Waals surface area contributed by atoms with E-state index in [2.05, 4.69) is 20.5 Å². The molecule has 0 fully saturated rings. The number of H-pyrrole nitrogens is 1. The van der Waals surface area contributed by atoms with E-state index in [1.54, 1.807) is 12.3 Å². The summed E-state index contributed by atoms with van der Waals surface area (Å²) in [6.45, 7) is 0. The molecule has 1 aromatic heterocycles. The molecule has 0 atom stereocenters. The van der Waals surface area contributed by atoms with Crippen molar-refractivity contribution >= 4 is 29.6 Å². The number of hydrogen-bond donors (Lipinski definition) is 2. The first-order chi connectivity index (χ1) is 11.0. The van der Waals surface area contributed by atoms with Gasteiger partial charge in [0.1, 0.15) is 5.69 Å². The Morgan fingerprint density at radius 3 is 2.96 bits per heavy atom. The van der Waals surface area contributed by atoms with E-state index < -0.39 is 16.4 Å². The minimum Gasteiger partial charge on any atom is -0.301 e. The van der Waals surface area contributed by atoms with Gasteiger partial charge in [0.15, 0.2) is 5.16 Å². The number of benzene rings is 1. The van der Waals surface area contributed by atoms with Gasteiger partial charge < -0.3 is 4.98 Å². The average molecular weight is 333 g/mol. The first-order valence-electron chi connectivity index (χ1n) is 6.23. The quantitative estimate of drug-likeness (QED) is 0.278. The Balaban J connectivity index is 2.09. The fourth-order valence-corrected chi connectivity index (χ4v) is 1.98. The van der Waals surface area contributed by atoms with Crippen molar-refractivity contribution in [2.24, 2.45) is 5.10 Å².